The Hall–Kier alpha value is -0.770. The van der Waals surface area contributed by atoms with Crippen molar-refractivity contribution in [2.45, 2.75) is 32.7 Å². The van der Waals surface area contributed by atoms with Crippen molar-refractivity contribution in [2.24, 2.45) is 5.92 Å². The zero-order chi connectivity index (χ0) is 11.3. The largest absolute Gasteiger partial charge is 0.338 e. The van der Waals surface area contributed by atoms with E-state index in [1.54, 1.807) is 0 Å². The number of rotatable bonds is 3. The number of nitrogens with zero attached hydrogens (tertiary/aromatic N) is 1. The second-order valence-electron chi connectivity index (χ2n) is 4.53. The molecule has 0 aromatic rings. The summed E-state index contributed by atoms with van der Waals surface area (Å²) in [5, 5.41) is 5.90. The Balaban J connectivity index is 2.28. The number of hydrogen-bond acceptors (Lipinski definition) is 2. The molecule has 0 spiro atoms. The number of piperidine rings is 1. The molecule has 2 amide bonds. The highest BCUT2D eigenvalue weighted by Gasteiger charge is 2.25. The molecule has 2 N–H and O–H groups in total. The van der Waals surface area contributed by atoms with Crippen LogP contribution < -0.4 is 10.6 Å². The highest BCUT2D eigenvalue weighted by molar-refractivity contribution is 5.74. The third kappa shape index (κ3) is 4.08. The Morgan fingerprint density at radius 3 is 2.87 bits per heavy atom. The maximum absolute atomic E-state index is 11.5. The number of nitrogens with one attached hydrogen (secondary N) is 2. The van der Waals surface area contributed by atoms with E-state index in [2.05, 4.69) is 36.4 Å². The lowest BCUT2D eigenvalue weighted by molar-refractivity contribution is 0.173. The Bertz CT molecular complexity index is 208. The summed E-state index contributed by atoms with van der Waals surface area (Å²) in [5.74, 6) is 0.538. The van der Waals surface area contributed by atoms with Crippen molar-refractivity contribution in [3.8, 4) is 0 Å². The number of urea groups is 1. The van der Waals surface area contributed by atoms with Crippen LogP contribution in [0.4, 0.5) is 4.79 Å². The predicted molar refractivity (Wildman–Crippen MR) is 61.9 cm³/mol. The summed E-state index contributed by atoms with van der Waals surface area (Å²) in [6.45, 7) is 7.15. The van der Waals surface area contributed by atoms with Crippen LogP contribution in [0.15, 0.2) is 0 Å². The first-order chi connectivity index (χ1) is 7.13. The third-order valence-electron chi connectivity index (χ3n) is 2.96. The van der Waals surface area contributed by atoms with Gasteiger partial charge in [0.15, 0.2) is 0 Å². The molecular weight excluding hydrogens is 190 g/mol. The second kappa shape index (κ2) is 5.95. The fraction of sp³-hybridized carbons (Fsp3) is 0.909. The van der Waals surface area contributed by atoms with E-state index in [1.165, 1.54) is 0 Å². The van der Waals surface area contributed by atoms with Crippen LogP contribution in [0.3, 0.4) is 0 Å². The molecule has 1 aliphatic heterocycles. The molecule has 4 nitrogen and oxygen atoms in total. The Labute approximate surface area is 92.4 Å². The van der Waals surface area contributed by atoms with E-state index in [9.17, 15) is 4.79 Å². The van der Waals surface area contributed by atoms with Crippen LogP contribution >= 0.6 is 0 Å². The summed E-state index contributed by atoms with van der Waals surface area (Å²) in [7, 11) is 2.13. The number of amides is 2. The molecule has 2 unspecified atom stereocenters. The van der Waals surface area contributed by atoms with Gasteiger partial charge in [0, 0.05) is 19.1 Å². The molecule has 2 atom stereocenters. The average molecular weight is 213 g/mol. The summed E-state index contributed by atoms with van der Waals surface area (Å²) in [6, 6.07) is 0.316. The molecule has 0 aromatic heterocycles. The van der Waals surface area contributed by atoms with Gasteiger partial charge in [-0.25, -0.2) is 4.79 Å². The molecule has 1 aliphatic rings. The van der Waals surface area contributed by atoms with Gasteiger partial charge in [0.2, 0.25) is 0 Å². The van der Waals surface area contributed by atoms with Crippen LogP contribution in [0.25, 0.3) is 0 Å². The highest BCUT2D eigenvalue weighted by Crippen LogP contribution is 2.14. The molecule has 0 aromatic carbocycles. The van der Waals surface area contributed by atoms with Crippen LogP contribution in [0.5, 0.6) is 0 Å². The zero-order valence-corrected chi connectivity index (χ0v) is 10.0. The smallest absolute Gasteiger partial charge is 0.315 e. The van der Waals surface area contributed by atoms with E-state index in [4.69, 9.17) is 0 Å². The lowest BCUT2D eigenvalue weighted by Gasteiger charge is -2.35. The van der Waals surface area contributed by atoms with E-state index in [1.807, 2.05) is 0 Å². The number of carbonyl (C=O) groups excluding carboxylic acids is 1. The minimum atomic E-state index is -0.0155. The van der Waals surface area contributed by atoms with E-state index in [-0.39, 0.29) is 6.03 Å². The molecule has 1 fully saturated rings. The van der Waals surface area contributed by atoms with Crippen LogP contribution in [0, 0.1) is 5.92 Å². The molecular formula is C11H23N3O. The molecule has 0 saturated carbocycles. The maximum atomic E-state index is 11.5. The van der Waals surface area contributed by atoms with Gasteiger partial charge in [-0.3, -0.25) is 0 Å². The van der Waals surface area contributed by atoms with E-state index in [0.29, 0.717) is 12.0 Å². The standard InChI is InChI=1S/C11H23N3O/c1-4-6-12-11(15)13-10-5-7-14(3)8-9(10)2/h9-10H,4-8H2,1-3H3,(H2,12,13,15). The van der Waals surface area contributed by atoms with Crippen molar-refractivity contribution in [1.82, 2.24) is 15.5 Å². The monoisotopic (exact) mass is 213 g/mol. The minimum absolute atomic E-state index is 0.0155. The second-order valence-corrected chi connectivity index (χ2v) is 4.53. The van der Waals surface area contributed by atoms with Gasteiger partial charge in [0.25, 0.3) is 0 Å². The van der Waals surface area contributed by atoms with Gasteiger partial charge >= 0.3 is 6.03 Å². The molecule has 0 bridgehead atoms. The maximum Gasteiger partial charge on any atom is 0.315 e. The summed E-state index contributed by atoms with van der Waals surface area (Å²) in [6.07, 6.45) is 2.04. The van der Waals surface area contributed by atoms with E-state index in [0.717, 1.165) is 32.5 Å². The van der Waals surface area contributed by atoms with Gasteiger partial charge in [0.1, 0.15) is 0 Å². The first-order valence-corrected chi connectivity index (χ1v) is 5.86. The molecule has 1 saturated heterocycles. The zero-order valence-electron chi connectivity index (χ0n) is 10.0. The summed E-state index contributed by atoms with van der Waals surface area (Å²) >= 11 is 0. The Morgan fingerprint density at radius 1 is 1.53 bits per heavy atom. The molecule has 1 rings (SSSR count). The number of carbonyl (C=O) groups is 1. The highest BCUT2D eigenvalue weighted by atomic mass is 16.2. The predicted octanol–water partition coefficient (Wildman–Crippen LogP) is 1.04. The molecule has 15 heavy (non-hydrogen) atoms. The van der Waals surface area contributed by atoms with Crippen molar-refractivity contribution in [2.75, 3.05) is 26.7 Å². The normalized spacial score (nSPS) is 27.4. The van der Waals surface area contributed by atoms with Crippen molar-refractivity contribution >= 4 is 6.03 Å². The Kier molecular flexibility index (Phi) is 4.88. The summed E-state index contributed by atoms with van der Waals surface area (Å²) in [5.41, 5.74) is 0. The van der Waals surface area contributed by atoms with Crippen LogP contribution in [0.1, 0.15) is 26.7 Å². The van der Waals surface area contributed by atoms with Gasteiger partial charge in [-0.15, -0.1) is 0 Å². The number of hydrogen-bond donors (Lipinski definition) is 2. The van der Waals surface area contributed by atoms with Gasteiger partial charge in [0.05, 0.1) is 0 Å². The molecule has 0 aliphatic carbocycles. The molecule has 0 radical (unpaired) electrons. The van der Waals surface area contributed by atoms with E-state index >= 15 is 0 Å². The van der Waals surface area contributed by atoms with Crippen molar-refractivity contribution < 1.29 is 4.79 Å². The van der Waals surface area contributed by atoms with Gasteiger partial charge in [-0.2, -0.15) is 0 Å². The lowest BCUT2D eigenvalue weighted by Crippen LogP contribution is -2.51. The van der Waals surface area contributed by atoms with Gasteiger partial charge < -0.3 is 15.5 Å². The van der Waals surface area contributed by atoms with Crippen molar-refractivity contribution in [3.63, 3.8) is 0 Å². The quantitative estimate of drug-likeness (QED) is 0.735. The average Bonchev–Trinajstić information content (AvgIpc) is 2.19. The minimum Gasteiger partial charge on any atom is -0.338 e. The third-order valence-corrected chi connectivity index (χ3v) is 2.96. The van der Waals surface area contributed by atoms with Crippen LogP contribution in [-0.2, 0) is 0 Å². The van der Waals surface area contributed by atoms with Crippen molar-refractivity contribution in [1.29, 1.82) is 0 Å². The fourth-order valence-electron chi connectivity index (χ4n) is 2.03. The molecule has 88 valence electrons. The summed E-state index contributed by atoms with van der Waals surface area (Å²) in [4.78, 5) is 13.8. The fourth-order valence-corrected chi connectivity index (χ4v) is 2.03. The first-order valence-electron chi connectivity index (χ1n) is 5.86. The summed E-state index contributed by atoms with van der Waals surface area (Å²) < 4.78 is 0. The topological polar surface area (TPSA) is 44.4 Å². The molecule has 4 heteroatoms. The van der Waals surface area contributed by atoms with E-state index < -0.39 is 0 Å². The SMILES string of the molecule is CCCNC(=O)NC1CCN(C)CC1C. The molecule has 1 heterocycles. The lowest BCUT2D eigenvalue weighted by atomic mass is 9.94. The van der Waals surface area contributed by atoms with Crippen LogP contribution in [-0.4, -0.2) is 43.7 Å². The Morgan fingerprint density at radius 2 is 2.27 bits per heavy atom. The first kappa shape index (κ1) is 12.3. The van der Waals surface area contributed by atoms with Crippen molar-refractivity contribution in [3.05, 3.63) is 0 Å². The number of likely N-dealkylation sites (tertiary alicyclic amines) is 1. The van der Waals surface area contributed by atoms with Crippen LogP contribution in [0.2, 0.25) is 0 Å². The van der Waals surface area contributed by atoms with Gasteiger partial charge in [-0.05, 0) is 32.4 Å². The van der Waals surface area contributed by atoms with Gasteiger partial charge in [-0.1, -0.05) is 13.8 Å².